The average Bonchev–Trinajstić information content (AvgIpc) is 2.41. The number of rotatable bonds is 5. The zero-order valence-corrected chi connectivity index (χ0v) is 11.8. The lowest BCUT2D eigenvalue weighted by Crippen LogP contribution is -2.44. The van der Waals surface area contributed by atoms with Gasteiger partial charge in [0.25, 0.3) is 0 Å². The maximum Gasteiger partial charge on any atom is 0.306 e. The van der Waals surface area contributed by atoms with E-state index in [1.54, 1.807) is 0 Å². The second-order valence-electron chi connectivity index (χ2n) is 5.75. The smallest absolute Gasteiger partial charge is 0.306 e. The quantitative estimate of drug-likeness (QED) is 0.760. The van der Waals surface area contributed by atoms with Crippen LogP contribution in [0, 0.1) is 12.8 Å². The molecule has 0 unspecified atom stereocenters. The van der Waals surface area contributed by atoms with Crippen LogP contribution in [-0.4, -0.2) is 33.3 Å². The second-order valence-corrected chi connectivity index (χ2v) is 5.75. The van der Waals surface area contributed by atoms with Crippen LogP contribution >= 0.6 is 0 Å². The van der Waals surface area contributed by atoms with Gasteiger partial charge in [0.1, 0.15) is 0 Å². The molecule has 0 aliphatic heterocycles. The molecule has 20 heavy (non-hydrogen) atoms. The van der Waals surface area contributed by atoms with E-state index in [1.807, 2.05) is 25.3 Å². The lowest BCUT2D eigenvalue weighted by atomic mass is 9.79. The first-order valence-corrected chi connectivity index (χ1v) is 7.06. The van der Waals surface area contributed by atoms with Crippen LogP contribution in [0.4, 0.5) is 0 Å². The van der Waals surface area contributed by atoms with Gasteiger partial charge in [0, 0.05) is 25.0 Å². The van der Waals surface area contributed by atoms with Gasteiger partial charge in [0.05, 0.1) is 11.5 Å². The van der Waals surface area contributed by atoms with E-state index in [4.69, 9.17) is 5.11 Å². The molecule has 0 bridgehead atoms. The highest BCUT2D eigenvalue weighted by molar-refractivity contribution is 5.70. The summed E-state index contributed by atoms with van der Waals surface area (Å²) in [7, 11) is 0. The standard InChI is InChI=1S/C15H22N2O3/c1-11-2-3-12(9-17-11)8-16-10-15(20)6-4-13(5-7-15)14(18)19/h2-3,9,13,16,20H,4-8,10H2,1H3,(H,18,19). The Morgan fingerprint density at radius 3 is 2.70 bits per heavy atom. The van der Waals surface area contributed by atoms with Crippen molar-refractivity contribution < 1.29 is 15.0 Å². The van der Waals surface area contributed by atoms with Crippen LogP contribution in [0.5, 0.6) is 0 Å². The van der Waals surface area contributed by atoms with E-state index >= 15 is 0 Å². The Kier molecular flexibility index (Phi) is 4.73. The topological polar surface area (TPSA) is 82.5 Å². The molecule has 0 aromatic carbocycles. The number of hydrogen-bond acceptors (Lipinski definition) is 4. The van der Waals surface area contributed by atoms with Gasteiger partial charge in [-0.2, -0.15) is 0 Å². The number of carboxylic acids is 1. The first kappa shape index (κ1) is 14.9. The van der Waals surface area contributed by atoms with E-state index in [1.165, 1.54) is 0 Å². The van der Waals surface area contributed by atoms with Gasteiger partial charge in [0.15, 0.2) is 0 Å². The molecule has 5 heteroatoms. The van der Waals surface area contributed by atoms with Crippen LogP contribution in [0.1, 0.15) is 36.9 Å². The largest absolute Gasteiger partial charge is 0.481 e. The van der Waals surface area contributed by atoms with Gasteiger partial charge >= 0.3 is 5.97 Å². The van der Waals surface area contributed by atoms with Crippen LogP contribution < -0.4 is 5.32 Å². The number of aliphatic carboxylic acids is 1. The number of nitrogens with zero attached hydrogens (tertiary/aromatic N) is 1. The van der Waals surface area contributed by atoms with E-state index in [-0.39, 0.29) is 5.92 Å². The molecule has 1 aromatic heterocycles. The molecule has 5 nitrogen and oxygen atoms in total. The van der Waals surface area contributed by atoms with Gasteiger partial charge in [-0.3, -0.25) is 9.78 Å². The number of aliphatic hydroxyl groups is 1. The molecule has 0 atom stereocenters. The second kappa shape index (κ2) is 6.33. The molecular weight excluding hydrogens is 256 g/mol. The third kappa shape index (κ3) is 4.02. The zero-order chi connectivity index (χ0) is 14.6. The number of carboxylic acid groups (broad SMARTS) is 1. The van der Waals surface area contributed by atoms with Crippen molar-refractivity contribution in [3.8, 4) is 0 Å². The van der Waals surface area contributed by atoms with Crippen LogP contribution in [0.25, 0.3) is 0 Å². The lowest BCUT2D eigenvalue weighted by Gasteiger charge is -2.34. The predicted molar refractivity (Wildman–Crippen MR) is 75.2 cm³/mol. The summed E-state index contributed by atoms with van der Waals surface area (Å²) in [5, 5.41) is 22.6. The highest BCUT2D eigenvalue weighted by Crippen LogP contribution is 2.31. The van der Waals surface area contributed by atoms with Gasteiger partial charge in [-0.25, -0.2) is 0 Å². The van der Waals surface area contributed by atoms with E-state index in [0.717, 1.165) is 11.3 Å². The first-order chi connectivity index (χ1) is 9.48. The van der Waals surface area contributed by atoms with Gasteiger partial charge < -0.3 is 15.5 Å². The van der Waals surface area contributed by atoms with Crippen LogP contribution in [0.2, 0.25) is 0 Å². The van der Waals surface area contributed by atoms with Gasteiger partial charge in [0.2, 0.25) is 0 Å². The van der Waals surface area contributed by atoms with Crippen LogP contribution in [0.15, 0.2) is 18.3 Å². The summed E-state index contributed by atoms with van der Waals surface area (Å²) in [5.41, 5.74) is 1.29. The first-order valence-electron chi connectivity index (χ1n) is 7.06. The predicted octanol–water partition coefficient (Wildman–Crippen LogP) is 1.49. The number of pyridine rings is 1. The van der Waals surface area contributed by atoms with Gasteiger partial charge in [-0.1, -0.05) is 6.07 Å². The molecular formula is C15H22N2O3. The third-order valence-corrected chi connectivity index (χ3v) is 4.02. The number of aryl methyl sites for hydroxylation is 1. The van der Waals surface area contributed by atoms with Crippen molar-refractivity contribution >= 4 is 5.97 Å². The zero-order valence-electron chi connectivity index (χ0n) is 11.8. The Morgan fingerprint density at radius 1 is 1.45 bits per heavy atom. The summed E-state index contributed by atoms with van der Waals surface area (Å²) in [6, 6.07) is 3.98. The number of aromatic nitrogens is 1. The van der Waals surface area contributed by atoms with E-state index in [2.05, 4.69) is 10.3 Å². The van der Waals surface area contributed by atoms with Crippen molar-refractivity contribution in [3.63, 3.8) is 0 Å². The lowest BCUT2D eigenvalue weighted by molar-refractivity contribution is -0.144. The Morgan fingerprint density at radius 2 is 2.15 bits per heavy atom. The molecule has 1 saturated carbocycles. The Labute approximate surface area is 119 Å². The van der Waals surface area contributed by atoms with Crippen molar-refractivity contribution in [1.82, 2.24) is 10.3 Å². The maximum atomic E-state index is 10.9. The maximum absolute atomic E-state index is 10.9. The van der Waals surface area contributed by atoms with Gasteiger partial charge in [-0.05, 0) is 44.2 Å². The van der Waals surface area contributed by atoms with Crippen molar-refractivity contribution in [2.24, 2.45) is 5.92 Å². The van der Waals surface area contributed by atoms with Crippen molar-refractivity contribution in [2.75, 3.05) is 6.54 Å². The summed E-state index contributed by atoms with van der Waals surface area (Å²) < 4.78 is 0. The van der Waals surface area contributed by atoms with Crippen LogP contribution in [-0.2, 0) is 11.3 Å². The fourth-order valence-electron chi connectivity index (χ4n) is 2.62. The van der Waals surface area contributed by atoms with Crippen molar-refractivity contribution in [1.29, 1.82) is 0 Å². The summed E-state index contributed by atoms with van der Waals surface area (Å²) >= 11 is 0. The third-order valence-electron chi connectivity index (χ3n) is 4.02. The minimum absolute atomic E-state index is 0.295. The van der Waals surface area contributed by atoms with E-state index in [9.17, 15) is 9.90 Å². The fourth-order valence-corrected chi connectivity index (χ4v) is 2.62. The minimum atomic E-state index is -0.774. The Bertz CT molecular complexity index is 451. The van der Waals surface area contributed by atoms with Crippen molar-refractivity contribution in [3.05, 3.63) is 29.6 Å². The normalized spacial score (nSPS) is 26.4. The average molecular weight is 278 g/mol. The highest BCUT2D eigenvalue weighted by atomic mass is 16.4. The summed E-state index contributed by atoms with van der Waals surface area (Å²) in [6.07, 6.45) is 4.03. The number of hydrogen-bond donors (Lipinski definition) is 3. The molecule has 1 heterocycles. The number of carbonyl (C=O) groups is 1. The molecule has 2 rings (SSSR count). The van der Waals surface area contributed by atoms with Crippen LogP contribution in [0.3, 0.4) is 0 Å². The molecule has 1 aliphatic carbocycles. The fraction of sp³-hybridized carbons (Fsp3) is 0.600. The molecule has 3 N–H and O–H groups in total. The molecule has 0 radical (unpaired) electrons. The molecule has 110 valence electrons. The molecule has 1 aromatic rings. The SMILES string of the molecule is Cc1ccc(CNCC2(O)CCC(C(=O)O)CC2)cn1. The highest BCUT2D eigenvalue weighted by Gasteiger charge is 2.35. The monoisotopic (exact) mass is 278 g/mol. The number of nitrogens with one attached hydrogen (secondary N) is 1. The molecule has 0 spiro atoms. The summed E-state index contributed by atoms with van der Waals surface area (Å²) in [4.78, 5) is 15.1. The molecule has 1 aliphatic rings. The van der Waals surface area contributed by atoms with Crippen molar-refractivity contribution in [2.45, 2.75) is 44.8 Å². The Hall–Kier alpha value is -1.46. The Balaban J connectivity index is 1.76. The molecule has 0 saturated heterocycles. The minimum Gasteiger partial charge on any atom is -0.481 e. The summed E-state index contributed by atoms with van der Waals surface area (Å²) in [6.45, 7) is 3.10. The molecule has 1 fully saturated rings. The van der Waals surface area contributed by atoms with Gasteiger partial charge in [-0.15, -0.1) is 0 Å². The van der Waals surface area contributed by atoms with E-state index in [0.29, 0.717) is 38.8 Å². The van der Waals surface area contributed by atoms with E-state index < -0.39 is 11.6 Å². The molecule has 0 amide bonds. The summed E-state index contributed by atoms with van der Waals surface area (Å²) in [5.74, 6) is -1.04.